The number of halogens is 1. The molecule has 0 aliphatic heterocycles. The van der Waals surface area contributed by atoms with Crippen molar-refractivity contribution in [1.82, 2.24) is 14.7 Å². The molecule has 1 amide bonds. The molecule has 7 heteroatoms. The van der Waals surface area contributed by atoms with Gasteiger partial charge >= 0.3 is 0 Å². The number of nitrogens with zero attached hydrogens (tertiary/aromatic N) is 3. The maximum Gasteiger partial charge on any atom is 0.227 e. The van der Waals surface area contributed by atoms with E-state index in [4.69, 9.17) is 16.1 Å². The molecular formula is C19H21ClN4O2. The van der Waals surface area contributed by atoms with Crippen molar-refractivity contribution >= 4 is 23.2 Å². The van der Waals surface area contributed by atoms with Gasteiger partial charge in [-0.25, -0.2) is 0 Å². The predicted octanol–water partition coefficient (Wildman–Crippen LogP) is 4.38. The van der Waals surface area contributed by atoms with Gasteiger partial charge in [-0.15, -0.1) is 0 Å². The highest BCUT2D eigenvalue weighted by atomic mass is 35.5. The molecule has 0 bridgehead atoms. The molecule has 2 heterocycles. The zero-order valence-corrected chi connectivity index (χ0v) is 15.7. The minimum Gasteiger partial charge on any atom is -0.339 e. The molecule has 26 heavy (non-hydrogen) atoms. The highest BCUT2D eigenvalue weighted by Crippen LogP contribution is 2.25. The molecule has 1 aromatic carbocycles. The van der Waals surface area contributed by atoms with Crippen molar-refractivity contribution in [2.45, 2.75) is 39.0 Å². The van der Waals surface area contributed by atoms with E-state index in [1.54, 1.807) is 12.1 Å². The molecule has 0 aliphatic rings. The highest BCUT2D eigenvalue weighted by Gasteiger charge is 2.21. The normalized spacial score (nSPS) is 11.5. The number of nitrogens with one attached hydrogen (secondary N) is 1. The monoisotopic (exact) mass is 372 g/mol. The molecule has 0 unspecified atom stereocenters. The Morgan fingerprint density at radius 2 is 2.00 bits per heavy atom. The van der Waals surface area contributed by atoms with Crippen LogP contribution in [0.25, 0.3) is 5.69 Å². The molecule has 0 radical (unpaired) electrons. The Morgan fingerprint density at radius 3 is 2.65 bits per heavy atom. The van der Waals surface area contributed by atoms with Gasteiger partial charge in [-0.2, -0.15) is 4.98 Å². The maximum atomic E-state index is 12.4. The van der Waals surface area contributed by atoms with E-state index >= 15 is 0 Å². The van der Waals surface area contributed by atoms with Gasteiger partial charge in [0.1, 0.15) is 0 Å². The fourth-order valence-electron chi connectivity index (χ4n) is 2.41. The molecule has 1 N–H and O–H groups in total. The second kappa shape index (κ2) is 7.33. The lowest BCUT2D eigenvalue weighted by atomic mass is 9.96. The van der Waals surface area contributed by atoms with Crippen LogP contribution in [0.15, 0.2) is 47.2 Å². The summed E-state index contributed by atoms with van der Waals surface area (Å²) < 4.78 is 7.13. The lowest BCUT2D eigenvalue weighted by Gasteiger charge is -2.12. The number of rotatable bonds is 5. The van der Waals surface area contributed by atoms with Crippen LogP contribution in [0, 0.1) is 0 Å². The van der Waals surface area contributed by atoms with Crippen LogP contribution >= 0.6 is 11.6 Å². The van der Waals surface area contributed by atoms with Crippen molar-refractivity contribution < 1.29 is 9.32 Å². The molecule has 3 aromatic rings. The van der Waals surface area contributed by atoms with Crippen molar-refractivity contribution in [2.24, 2.45) is 0 Å². The van der Waals surface area contributed by atoms with Gasteiger partial charge in [-0.05, 0) is 30.3 Å². The van der Waals surface area contributed by atoms with Gasteiger partial charge in [-0.3, -0.25) is 4.79 Å². The molecule has 2 aromatic heterocycles. The number of amides is 1. The van der Waals surface area contributed by atoms with Gasteiger partial charge in [0.15, 0.2) is 5.82 Å². The van der Waals surface area contributed by atoms with Gasteiger partial charge < -0.3 is 14.4 Å². The zero-order valence-electron chi connectivity index (χ0n) is 15.0. The summed E-state index contributed by atoms with van der Waals surface area (Å²) in [4.78, 5) is 16.7. The first-order valence-electron chi connectivity index (χ1n) is 8.39. The number of hydrogen-bond acceptors (Lipinski definition) is 4. The summed E-state index contributed by atoms with van der Waals surface area (Å²) in [5.74, 6) is 0.976. The minimum absolute atomic E-state index is 0.128. The Balaban J connectivity index is 1.66. The van der Waals surface area contributed by atoms with Crippen molar-refractivity contribution in [3.8, 4) is 5.69 Å². The molecule has 0 aliphatic carbocycles. The van der Waals surface area contributed by atoms with Crippen LogP contribution in [0.2, 0.25) is 5.02 Å². The molecular weight excluding hydrogens is 352 g/mol. The molecule has 0 saturated heterocycles. The SMILES string of the molecule is CC(C)(C)c1noc(CCC(=O)Nc2ccc(Cl)cc2-n2cccc2)n1. The summed E-state index contributed by atoms with van der Waals surface area (Å²) in [5.41, 5.74) is 1.32. The molecule has 0 saturated carbocycles. The van der Waals surface area contributed by atoms with Gasteiger partial charge in [0.05, 0.1) is 11.4 Å². The van der Waals surface area contributed by atoms with E-state index in [2.05, 4.69) is 15.5 Å². The fraction of sp³-hybridized carbons (Fsp3) is 0.316. The summed E-state index contributed by atoms with van der Waals surface area (Å²) >= 11 is 6.10. The topological polar surface area (TPSA) is 73.0 Å². The zero-order chi connectivity index (χ0) is 18.7. The Labute approximate surface area is 157 Å². The third-order valence-corrected chi connectivity index (χ3v) is 4.06. The summed E-state index contributed by atoms with van der Waals surface area (Å²) in [6, 6.07) is 9.17. The largest absolute Gasteiger partial charge is 0.339 e. The van der Waals surface area contributed by atoms with Gasteiger partial charge in [0.2, 0.25) is 11.8 Å². The number of carbonyl (C=O) groups is 1. The van der Waals surface area contributed by atoms with Crippen LogP contribution in [-0.4, -0.2) is 20.6 Å². The molecule has 3 rings (SSSR count). The summed E-state index contributed by atoms with van der Waals surface area (Å²) in [5, 5.41) is 7.50. The number of benzene rings is 1. The Kier molecular flexibility index (Phi) is 5.13. The average molecular weight is 373 g/mol. The average Bonchev–Trinajstić information content (AvgIpc) is 3.26. The number of carbonyl (C=O) groups excluding carboxylic acids is 1. The first-order valence-corrected chi connectivity index (χ1v) is 8.76. The fourth-order valence-corrected chi connectivity index (χ4v) is 2.58. The van der Waals surface area contributed by atoms with Crippen LogP contribution in [0.5, 0.6) is 0 Å². The third-order valence-electron chi connectivity index (χ3n) is 3.82. The van der Waals surface area contributed by atoms with Crippen LogP contribution in [0.3, 0.4) is 0 Å². The quantitative estimate of drug-likeness (QED) is 0.721. The second-order valence-electron chi connectivity index (χ2n) is 7.06. The van der Waals surface area contributed by atoms with Crippen LogP contribution in [0.4, 0.5) is 5.69 Å². The first-order chi connectivity index (χ1) is 12.3. The smallest absolute Gasteiger partial charge is 0.227 e. The first kappa shape index (κ1) is 18.2. The number of aryl methyl sites for hydroxylation is 1. The lowest BCUT2D eigenvalue weighted by molar-refractivity contribution is -0.116. The summed E-state index contributed by atoms with van der Waals surface area (Å²) in [6.45, 7) is 6.03. The molecule has 0 atom stereocenters. The van der Waals surface area contributed by atoms with E-state index in [1.165, 1.54) is 0 Å². The number of anilines is 1. The molecule has 6 nitrogen and oxygen atoms in total. The standard InChI is InChI=1S/C19H21ClN4O2/c1-19(2,3)18-22-17(26-23-18)9-8-16(25)21-14-7-6-13(20)12-15(14)24-10-4-5-11-24/h4-7,10-12H,8-9H2,1-3H3,(H,21,25). The van der Waals surface area contributed by atoms with E-state index in [-0.39, 0.29) is 17.7 Å². The van der Waals surface area contributed by atoms with Gasteiger partial charge in [0, 0.05) is 35.7 Å². The number of hydrogen-bond donors (Lipinski definition) is 1. The van der Waals surface area contributed by atoms with E-state index in [1.807, 2.05) is 55.9 Å². The van der Waals surface area contributed by atoms with Gasteiger partial charge in [-0.1, -0.05) is 37.5 Å². The van der Waals surface area contributed by atoms with Crippen LogP contribution in [0.1, 0.15) is 38.9 Å². The Hall–Kier alpha value is -2.60. The highest BCUT2D eigenvalue weighted by molar-refractivity contribution is 6.30. The predicted molar refractivity (Wildman–Crippen MR) is 101 cm³/mol. The van der Waals surface area contributed by atoms with Crippen molar-refractivity contribution in [3.05, 3.63) is 59.5 Å². The van der Waals surface area contributed by atoms with E-state index in [0.717, 1.165) is 5.69 Å². The van der Waals surface area contributed by atoms with Crippen LogP contribution < -0.4 is 5.32 Å². The minimum atomic E-state index is -0.182. The molecule has 136 valence electrons. The lowest BCUT2D eigenvalue weighted by Crippen LogP contribution is -2.15. The Bertz CT molecular complexity index is 895. The van der Waals surface area contributed by atoms with E-state index < -0.39 is 0 Å². The number of aromatic nitrogens is 3. The van der Waals surface area contributed by atoms with Crippen molar-refractivity contribution in [2.75, 3.05) is 5.32 Å². The molecule has 0 spiro atoms. The van der Waals surface area contributed by atoms with Gasteiger partial charge in [0.25, 0.3) is 0 Å². The maximum absolute atomic E-state index is 12.4. The Morgan fingerprint density at radius 1 is 1.27 bits per heavy atom. The second-order valence-corrected chi connectivity index (χ2v) is 7.50. The van der Waals surface area contributed by atoms with Crippen molar-refractivity contribution in [3.63, 3.8) is 0 Å². The summed E-state index contributed by atoms with van der Waals surface area (Å²) in [6.07, 6.45) is 4.43. The van der Waals surface area contributed by atoms with Crippen molar-refractivity contribution in [1.29, 1.82) is 0 Å². The summed E-state index contributed by atoms with van der Waals surface area (Å²) in [7, 11) is 0. The molecule has 0 fully saturated rings. The third kappa shape index (κ3) is 4.32. The van der Waals surface area contributed by atoms with Crippen LogP contribution in [-0.2, 0) is 16.6 Å². The van der Waals surface area contributed by atoms with E-state index in [9.17, 15) is 4.79 Å². The van der Waals surface area contributed by atoms with E-state index in [0.29, 0.717) is 28.8 Å².